The van der Waals surface area contributed by atoms with Gasteiger partial charge in [0.2, 0.25) is 0 Å². The van der Waals surface area contributed by atoms with Crippen LogP contribution in [0.3, 0.4) is 0 Å². The van der Waals surface area contributed by atoms with E-state index in [1.807, 2.05) is 0 Å². The first-order valence-electron chi connectivity index (χ1n) is 3.93. The van der Waals surface area contributed by atoms with Crippen LogP contribution >= 0.6 is 0 Å². The maximum absolute atomic E-state index is 12.0. The summed E-state index contributed by atoms with van der Waals surface area (Å²) in [6.45, 7) is -1.68. The van der Waals surface area contributed by atoms with E-state index >= 15 is 0 Å². The van der Waals surface area contributed by atoms with Crippen molar-refractivity contribution < 1.29 is 13.2 Å². The van der Waals surface area contributed by atoms with Crippen LogP contribution in [0.2, 0.25) is 0 Å². The van der Waals surface area contributed by atoms with Crippen LogP contribution in [-0.2, 0) is 13.1 Å². The molecule has 0 aromatic carbocycles. The van der Waals surface area contributed by atoms with Crippen molar-refractivity contribution in [1.82, 2.24) is 9.55 Å². The van der Waals surface area contributed by atoms with Crippen LogP contribution in [-0.4, -0.2) is 15.7 Å². The van der Waals surface area contributed by atoms with Gasteiger partial charge in [0.25, 0.3) is 5.56 Å². The van der Waals surface area contributed by atoms with Gasteiger partial charge in [-0.2, -0.15) is 13.2 Å². The zero-order valence-corrected chi connectivity index (χ0v) is 7.47. The van der Waals surface area contributed by atoms with E-state index < -0.39 is 24.0 Å². The summed E-state index contributed by atoms with van der Waals surface area (Å²) in [6.07, 6.45) is -3.71. The van der Waals surface area contributed by atoms with E-state index in [9.17, 15) is 22.8 Å². The maximum Gasteiger partial charge on any atom is 0.406 e. The Morgan fingerprint density at radius 1 is 1.40 bits per heavy atom. The first kappa shape index (κ1) is 11.5. The van der Waals surface area contributed by atoms with Crippen molar-refractivity contribution in [2.45, 2.75) is 19.3 Å². The second kappa shape index (κ2) is 3.89. The lowest BCUT2D eigenvalue weighted by atomic mass is 10.3. The molecule has 1 aromatic heterocycles. The molecule has 1 aromatic rings. The molecule has 5 nitrogen and oxygen atoms in total. The van der Waals surface area contributed by atoms with E-state index in [2.05, 4.69) is 0 Å². The Morgan fingerprint density at radius 2 is 2.00 bits per heavy atom. The smallest absolute Gasteiger partial charge is 0.326 e. The topological polar surface area (TPSA) is 80.9 Å². The lowest BCUT2D eigenvalue weighted by Gasteiger charge is -2.09. The van der Waals surface area contributed by atoms with Gasteiger partial charge < -0.3 is 5.73 Å². The average Bonchev–Trinajstić information content (AvgIpc) is 2.07. The molecule has 1 heterocycles. The summed E-state index contributed by atoms with van der Waals surface area (Å²) in [4.78, 5) is 23.7. The number of H-pyrrole nitrogens is 1. The Balaban J connectivity index is 3.20. The van der Waals surface area contributed by atoms with E-state index in [1.54, 1.807) is 4.98 Å². The molecular formula is C7H8F3N3O2. The van der Waals surface area contributed by atoms with Crippen molar-refractivity contribution in [3.63, 3.8) is 0 Å². The number of hydrogen-bond donors (Lipinski definition) is 2. The molecule has 0 aliphatic rings. The van der Waals surface area contributed by atoms with Crippen LogP contribution in [0.5, 0.6) is 0 Å². The summed E-state index contributed by atoms with van der Waals surface area (Å²) in [6, 6.07) is 0. The zero-order chi connectivity index (χ0) is 11.6. The van der Waals surface area contributed by atoms with Gasteiger partial charge in [0.05, 0.1) is 0 Å². The molecule has 0 aliphatic carbocycles. The van der Waals surface area contributed by atoms with Gasteiger partial charge in [-0.1, -0.05) is 0 Å². The lowest BCUT2D eigenvalue weighted by Crippen LogP contribution is -2.35. The van der Waals surface area contributed by atoms with Crippen molar-refractivity contribution in [2.24, 2.45) is 5.73 Å². The summed E-state index contributed by atoms with van der Waals surface area (Å²) in [5, 5.41) is 0. The van der Waals surface area contributed by atoms with Gasteiger partial charge in [-0.25, -0.2) is 4.79 Å². The molecule has 1 rings (SSSR count). The van der Waals surface area contributed by atoms with E-state index in [4.69, 9.17) is 5.73 Å². The highest BCUT2D eigenvalue weighted by Crippen LogP contribution is 2.15. The van der Waals surface area contributed by atoms with E-state index in [0.717, 1.165) is 6.20 Å². The number of nitrogens with two attached hydrogens (primary N) is 1. The molecule has 3 N–H and O–H groups in total. The Kier molecular flexibility index (Phi) is 2.98. The van der Waals surface area contributed by atoms with Crippen LogP contribution in [0.15, 0.2) is 15.8 Å². The van der Waals surface area contributed by atoms with E-state index in [1.165, 1.54) is 0 Å². The van der Waals surface area contributed by atoms with Crippen molar-refractivity contribution in [3.8, 4) is 0 Å². The zero-order valence-electron chi connectivity index (χ0n) is 7.47. The summed E-state index contributed by atoms with van der Waals surface area (Å²) in [5.41, 5.74) is 3.18. The number of aromatic amines is 1. The fourth-order valence-corrected chi connectivity index (χ4v) is 1.01. The highest BCUT2D eigenvalue weighted by atomic mass is 19.4. The quantitative estimate of drug-likeness (QED) is 0.713. The SMILES string of the molecule is NCc1cn(CC(F)(F)F)c(=O)[nH]c1=O. The minimum absolute atomic E-state index is 0.0705. The molecule has 8 heteroatoms. The van der Waals surface area contributed by atoms with Gasteiger partial charge in [0.15, 0.2) is 0 Å². The molecule has 0 atom stereocenters. The molecule has 15 heavy (non-hydrogen) atoms. The van der Waals surface area contributed by atoms with Crippen LogP contribution < -0.4 is 17.0 Å². The van der Waals surface area contributed by atoms with Gasteiger partial charge in [0, 0.05) is 18.3 Å². The van der Waals surface area contributed by atoms with E-state index in [0.29, 0.717) is 4.57 Å². The first-order valence-corrected chi connectivity index (χ1v) is 3.93. The summed E-state index contributed by atoms with van der Waals surface area (Å²) in [5.74, 6) is 0. The molecule has 0 fully saturated rings. The minimum atomic E-state index is -4.52. The van der Waals surface area contributed by atoms with Gasteiger partial charge in [0.1, 0.15) is 6.54 Å². The van der Waals surface area contributed by atoms with E-state index in [-0.39, 0.29) is 12.1 Å². The first-order chi connectivity index (χ1) is 6.83. The fourth-order valence-electron chi connectivity index (χ4n) is 1.01. The number of nitrogens with one attached hydrogen (secondary N) is 1. The third-order valence-electron chi connectivity index (χ3n) is 1.65. The minimum Gasteiger partial charge on any atom is -0.326 e. The Hall–Kier alpha value is -1.57. The van der Waals surface area contributed by atoms with Crippen LogP contribution in [0.1, 0.15) is 5.56 Å². The molecule has 0 radical (unpaired) electrons. The number of hydrogen-bond acceptors (Lipinski definition) is 3. The Labute approximate surface area is 81.3 Å². The molecule has 0 spiro atoms. The van der Waals surface area contributed by atoms with Gasteiger partial charge in [-0.05, 0) is 0 Å². The number of nitrogens with zero attached hydrogens (tertiary/aromatic N) is 1. The monoisotopic (exact) mass is 223 g/mol. The van der Waals surface area contributed by atoms with Gasteiger partial charge in [-0.3, -0.25) is 14.3 Å². The highest BCUT2D eigenvalue weighted by Gasteiger charge is 2.28. The second-order valence-corrected chi connectivity index (χ2v) is 2.86. The fraction of sp³-hybridized carbons (Fsp3) is 0.429. The lowest BCUT2D eigenvalue weighted by molar-refractivity contribution is -0.141. The normalized spacial score (nSPS) is 11.7. The standard InChI is InChI=1S/C7H8F3N3O2/c8-7(9,10)3-13-2-4(1-11)5(14)12-6(13)15/h2H,1,3,11H2,(H,12,14,15). The maximum atomic E-state index is 12.0. The molecule has 0 bridgehead atoms. The predicted molar refractivity (Wildman–Crippen MR) is 45.3 cm³/mol. The molecule has 0 saturated heterocycles. The number of aromatic nitrogens is 2. The molecule has 0 aliphatic heterocycles. The molecule has 0 unspecified atom stereocenters. The summed E-state index contributed by atoms with van der Waals surface area (Å²) < 4.78 is 36.3. The largest absolute Gasteiger partial charge is 0.406 e. The molecule has 84 valence electrons. The predicted octanol–water partition coefficient (Wildman–Crippen LogP) is -0.442. The molecule has 0 amide bonds. The summed E-state index contributed by atoms with van der Waals surface area (Å²) in [7, 11) is 0. The van der Waals surface area contributed by atoms with Crippen molar-refractivity contribution in [3.05, 3.63) is 32.6 Å². The van der Waals surface area contributed by atoms with Crippen LogP contribution in [0, 0.1) is 0 Å². The van der Waals surface area contributed by atoms with Crippen LogP contribution in [0.25, 0.3) is 0 Å². The van der Waals surface area contributed by atoms with Crippen molar-refractivity contribution in [1.29, 1.82) is 0 Å². The second-order valence-electron chi connectivity index (χ2n) is 2.86. The van der Waals surface area contributed by atoms with Crippen molar-refractivity contribution in [2.75, 3.05) is 0 Å². The van der Waals surface area contributed by atoms with Gasteiger partial charge in [-0.15, -0.1) is 0 Å². The molecule has 0 saturated carbocycles. The Morgan fingerprint density at radius 3 is 2.47 bits per heavy atom. The third kappa shape index (κ3) is 2.94. The highest BCUT2D eigenvalue weighted by molar-refractivity contribution is 5.03. The third-order valence-corrected chi connectivity index (χ3v) is 1.65. The number of alkyl halides is 3. The van der Waals surface area contributed by atoms with Gasteiger partial charge >= 0.3 is 11.9 Å². The molecular weight excluding hydrogens is 215 g/mol. The number of rotatable bonds is 2. The average molecular weight is 223 g/mol. The summed E-state index contributed by atoms with van der Waals surface area (Å²) >= 11 is 0. The van der Waals surface area contributed by atoms with Crippen LogP contribution in [0.4, 0.5) is 13.2 Å². The number of halogens is 3. The Bertz CT molecular complexity index is 460. The van der Waals surface area contributed by atoms with Crippen molar-refractivity contribution >= 4 is 0 Å².